The molecule has 0 aliphatic carbocycles. The van der Waals surface area contributed by atoms with E-state index >= 15 is 0 Å². The third-order valence-electron chi connectivity index (χ3n) is 5.51. The third-order valence-corrected chi connectivity index (χ3v) is 5.51. The number of methoxy groups -OCH3 is 1. The highest BCUT2D eigenvalue weighted by molar-refractivity contribution is 5.86. The van der Waals surface area contributed by atoms with E-state index in [4.69, 9.17) is 14.5 Å². The molecule has 1 aliphatic rings. The monoisotopic (exact) mass is 407 g/mol. The molecule has 0 amide bonds. The van der Waals surface area contributed by atoms with Gasteiger partial charge in [0, 0.05) is 5.39 Å². The Morgan fingerprint density at radius 2 is 1.97 bits per heavy atom. The van der Waals surface area contributed by atoms with E-state index in [2.05, 4.69) is 15.5 Å². The van der Waals surface area contributed by atoms with Gasteiger partial charge in [0.2, 0.25) is 0 Å². The number of alkyl halides is 1. The van der Waals surface area contributed by atoms with Crippen molar-refractivity contribution in [3.8, 4) is 23.0 Å². The molecule has 1 aromatic carbocycles. The highest BCUT2D eigenvalue weighted by Gasteiger charge is 2.32. The quantitative estimate of drug-likeness (QED) is 0.547. The van der Waals surface area contributed by atoms with Crippen molar-refractivity contribution in [1.29, 1.82) is 0 Å². The van der Waals surface area contributed by atoms with Gasteiger partial charge in [0.15, 0.2) is 11.5 Å². The summed E-state index contributed by atoms with van der Waals surface area (Å²) in [6.45, 7) is 1.35. The Hall–Kier alpha value is -3.26. The number of hydrogen-bond donors (Lipinski definition) is 1. The summed E-state index contributed by atoms with van der Waals surface area (Å²) in [5.41, 5.74) is 0.705. The van der Waals surface area contributed by atoms with Gasteiger partial charge in [0.25, 0.3) is 0 Å². The third kappa shape index (κ3) is 3.43. The summed E-state index contributed by atoms with van der Waals surface area (Å²) in [4.78, 5) is 4.79. The van der Waals surface area contributed by atoms with Crippen LogP contribution < -0.4 is 14.8 Å². The number of hydrogen-bond acceptors (Lipinski definition) is 6. The maximum absolute atomic E-state index is 15.0. The van der Waals surface area contributed by atoms with Crippen molar-refractivity contribution < 1.29 is 13.9 Å². The van der Waals surface area contributed by atoms with E-state index in [0.29, 0.717) is 60.1 Å². The molecule has 8 heteroatoms. The lowest BCUT2D eigenvalue weighted by Gasteiger charge is -2.29. The summed E-state index contributed by atoms with van der Waals surface area (Å²) in [7, 11) is 1.61. The van der Waals surface area contributed by atoms with E-state index in [9.17, 15) is 4.39 Å². The lowest BCUT2D eigenvalue weighted by molar-refractivity contribution is 0.0545. The number of benzene rings is 1. The van der Waals surface area contributed by atoms with Gasteiger partial charge in [0.1, 0.15) is 35.0 Å². The number of pyridine rings is 2. The van der Waals surface area contributed by atoms with Crippen LogP contribution in [0.15, 0.2) is 48.7 Å². The predicted octanol–water partition coefficient (Wildman–Crippen LogP) is 3.42. The van der Waals surface area contributed by atoms with E-state index in [-0.39, 0.29) is 6.61 Å². The Balaban J connectivity index is 1.52. The second-order valence-corrected chi connectivity index (χ2v) is 7.53. The van der Waals surface area contributed by atoms with Crippen LogP contribution in [0.3, 0.4) is 0 Å². The fourth-order valence-electron chi connectivity index (χ4n) is 3.75. The molecule has 3 aromatic heterocycles. The number of nitrogens with one attached hydrogen (secondary N) is 1. The van der Waals surface area contributed by atoms with E-state index in [0.717, 1.165) is 5.39 Å². The van der Waals surface area contributed by atoms with Crippen LogP contribution in [-0.4, -0.2) is 52.1 Å². The van der Waals surface area contributed by atoms with Gasteiger partial charge in [-0.05, 0) is 50.2 Å². The van der Waals surface area contributed by atoms with Crippen molar-refractivity contribution in [2.75, 3.05) is 26.8 Å². The zero-order valence-corrected chi connectivity index (χ0v) is 16.6. The van der Waals surface area contributed by atoms with Crippen LogP contribution in [0.2, 0.25) is 0 Å². The van der Waals surface area contributed by atoms with Crippen molar-refractivity contribution in [3.63, 3.8) is 0 Å². The maximum Gasteiger partial charge on any atom is 0.187 e. The van der Waals surface area contributed by atoms with Gasteiger partial charge in [-0.15, -0.1) is 10.2 Å². The molecular formula is C22H22FN5O2. The fourth-order valence-corrected chi connectivity index (χ4v) is 3.75. The van der Waals surface area contributed by atoms with Crippen LogP contribution in [0.25, 0.3) is 28.1 Å². The largest absolute Gasteiger partial charge is 0.495 e. The van der Waals surface area contributed by atoms with Crippen LogP contribution >= 0.6 is 0 Å². The van der Waals surface area contributed by atoms with Gasteiger partial charge < -0.3 is 14.8 Å². The standard InChI is InChI=1S/C22H22FN5O2/c1-29-16-6-8-19-26-27-21(28(19)13-16)17-7-5-15-3-2-4-18(20(15)25-17)30-14-22(23)9-11-24-12-10-22/h2-8,13,24H,9-12,14H2,1H3. The van der Waals surface area contributed by atoms with E-state index in [1.165, 1.54) is 0 Å². The summed E-state index contributed by atoms with van der Waals surface area (Å²) in [6, 6.07) is 13.2. The van der Waals surface area contributed by atoms with E-state index in [1.54, 1.807) is 7.11 Å². The average molecular weight is 407 g/mol. The van der Waals surface area contributed by atoms with Crippen LogP contribution in [0.1, 0.15) is 12.8 Å². The predicted molar refractivity (Wildman–Crippen MR) is 112 cm³/mol. The average Bonchev–Trinajstić information content (AvgIpc) is 3.21. The first kappa shape index (κ1) is 18.7. The molecule has 0 bridgehead atoms. The smallest absolute Gasteiger partial charge is 0.187 e. The molecular weight excluding hydrogens is 385 g/mol. The summed E-state index contributed by atoms with van der Waals surface area (Å²) in [6.07, 6.45) is 2.72. The Labute approximate surface area is 172 Å². The molecule has 0 spiro atoms. The Morgan fingerprint density at radius 1 is 1.10 bits per heavy atom. The number of ether oxygens (including phenoxy) is 2. The number of fused-ring (bicyclic) bond motifs is 2. The first-order valence-corrected chi connectivity index (χ1v) is 9.97. The summed E-state index contributed by atoms with van der Waals surface area (Å²) in [5.74, 6) is 1.86. The minimum atomic E-state index is -1.31. The first-order valence-electron chi connectivity index (χ1n) is 9.97. The molecule has 30 heavy (non-hydrogen) atoms. The van der Waals surface area contributed by atoms with Crippen LogP contribution in [-0.2, 0) is 0 Å². The lowest BCUT2D eigenvalue weighted by atomic mass is 9.95. The molecule has 1 saturated heterocycles. The summed E-state index contributed by atoms with van der Waals surface area (Å²) >= 11 is 0. The van der Waals surface area contributed by atoms with E-state index < -0.39 is 5.67 Å². The molecule has 0 atom stereocenters. The van der Waals surface area contributed by atoms with Crippen molar-refractivity contribution >= 4 is 16.6 Å². The van der Waals surface area contributed by atoms with Gasteiger partial charge in [0.05, 0.1) is 13.3 Å². The molecule has 4 aromatic rings. The van der Waals surface area contributed by atoms with Gasteiger partial charge in [-0.1, -0.05) is 18.2 Å². The van der Waals surface area contributed by atoms with Crippen LogP contribution in [0.4, 0.5) is 4.39 Å². The van der Waals surface area contributed by atoms with Gasteiger partial charge in [-0.2, -0.15) is 0 Å². The molecule has 0 unspecified atom stereocenters. The van der Waals surface area contributed by atoms with Gasteiger partial charge in [-0.3, -0.25) is 4.40 Å². The van der Waals surface area contributed by atoms with Crippen molar-refractivity contribution in [3.05, 3.63) is 48.7 Å². The highest BCUT2D eigenvalue weighted by Crippen LogP contribution is 2.30. The number of piperidine rings is 1. The molecule has 0 radical (unpaired) electrons. The minimum absolute atomic E-state index is 0.0186. The normalized spacial score (nSPS) is 16.1. The maximum atomic E-state index is 15.0. The SMILES string of the molecule is COc1ccc2nnc(-c3ccc4cccc(OCC5(F)CCNCC5)c4n3)n2c1. The molecule has 7 nitrogen and oxygen atoms in total. The Morgan fingerprint density at radius 3 is 2.80 bits per heavy atom. The molecule has 5 rings (SSSR count). The lowest BCUT2D eigenvalue weighted by Crippen LogP contribution is -2.42. The molecule has 0 saturated carbocycles. The Bertz CT molecular complexity index is 1200. The molecule has 1 aliphatic heterocycles. The van der Waals surface area contributed by atoms with Crippen LogP contribution in [0, 0.1) is 0 Å². The zero-order valence-electron chi connectivity index (χ0n) is 16.6. The number of aromatic nitrogens is 4. The summed E-state index contributed by atoms with van der Waals surface area (Å²) < 4.78 is 28.1. The molecule has 1 fully saturated rings. The van der Waals surface area contributed by atoms with Gasteiger partial charge >= 0.3 is 0 Å². The highest BCUT2D eigenvalue weighted by atomic mass is 19.1. The van der Waals surface area contributed by atoms with Crippen molar-refractivity contribution in [2.24, 2.45) is 0 Å². The van der Waals surface area contributed by atoms with Gasteiger partial charge in [-0.25, -0.2) is 9.37 Å². The second-order valence-electron chi connectivity index (χ2n) is 7.53. The first-order chi connectivity index (χ1) is 14.6. The second kappa shape index (κ2) is 7.53. The molecule has 1 N–H and O–H groups in total. The fraction of sp³-hybridized carbons (Fsp3) is 0.318. The molecule has 4 heterocycles. The minimum Gasteiger partial charge on any atom is -0.495 e. The number of rotatable bonds is 5. The number of nitrogens with zero attached hydrogens (tertiary/aromatic N) is 4. The van der Waals surface area contributed by atoms with Crippen molar-refractivity contribution in [1.82, 2.24) is 24.9 Å². The topological polar surface area (TPSA) is 73.6 Å². The number of para-hydroxylation sites is 1. The van der Waals surface area contributed by atoms with Crippen LogP contribution in [0.5, 0.6) is 11.5 Å². The van der Waals surface area contributed by atoms with Crippen molar-refractivity contribution in [2.45, 2.75) is 18.5 Å². The zero-order chi connectivity index (χ0) is 20.6. The molecule has 154 valence electrons. The number of halogens is 1. The summed E-state index contributed by atoms with van der Waals surface area (Å²) in [5, 5.41) is 12.6. The Kier molecular flexibility index (Phi) is 4.71. The van der Waals surface area contributed by atoms with E-state index in [1.807, 2.05) is 53.1 Å².